The minimum Gasteiger partial charge on any atom is -0.494 e. The molecule has 4 atom stereocenters. The largest absolute Gasteiger partial charge is 0.494 e. The minimum absolute atomic E-state index is 0.158. The maximum atomic E-state index is 13.8. The first kappa shape index (κ1) is 17.0. The molecule has 0 unspecified atom stereocenters. The minimum atomic E-state index is -0.428. The lowest BCUT2D eigenvalue weighted by Gasteiger charge is -2.33. The molecule has 2 amide bonds. The lowest BCUT2D eigenvalue weighted by molar-refractivity contribution is 0.0549. The van der Waals surface area contributed by atoms with Crippen LogP contribution in [0.2, 0.25) is 0 Å². The molecule has 0 bridgehead atoms. The summed E-state index contributed by atoms with van der Waals surface area (Å²) in [4.78, 5) is 12.3. The Morgan fingerprint density at radius 2 is 2.21 bits per heavy atom. The number of ether oxygens (including phenoxy) is 2. The van der Waals surface area contributed by atoms with Crippen molar-refractivity contribution in [1.29, 1.82) is 0 Å². The number of methoxy groups -OCH3 is 1. The first-order valence-corrected chi connectivity index (χ1v) is 8.60. The molecule has 0 radical (unpaired) electrons. The zero-order valence-electron chi connectivity index (χ0n) is 14.2. The number of hydrogen-bond donors (Lipinski definition) is 2. The van der Waals surface area contributed by atoms with Crippen molar-refractivity contribution in [2.75, 3.05) is 13.7 Å². The van der Waals surface area contributed by atoms with Crippen LogP contribution in [0.4, 0.5) is 9.18 Å². The second-order valence-corrected chi connectivity index (χ2v) is 6.63. The molecule has 2 fully saturated rings. The predicted octanol–water partition coefficient (Wildman–Crippen LogP) is 3.15. The van der Waals surface area contributed by atoms with Crippen molar-refractivity contribution in [2.45, 2.75) is 50.8 Å². The Hall–Kier alpha value is -1.82. The van der Waals surface area contributed by atoms with E-state index in [2.05, 4.69) is 10.6 Å². The topological polar surface area (TPSA) is 59.6 Å². The van der Waals surface area contributed by atoms with Gasteiger partial charge >= 0.3 is 6.03 Å². The van der Waals surface area contributed by atoms with Gasteiger partial charge in [0, 0.05) is 18.6 Å². The zero-order valence-corrected chi connectivity index (χ0v) is 14.2. The average Bonchev–Trinajstić information content (AvgIpc) is 3.04. The van der Waals surface area contributed by atoms with Gasteiger partial charge in [-0.15, -0.1) is 0 Å². The second-order valence-electron chi connectivity index (χ2n) is 6.63. The third-order valence-electron chi connectivity index (χ3n) is 5.12. The highest BCUT2D eigenvalue weighted by atomic mass is 19.1. The van der Waals surface area contributed by atoms with Crippen LogP contribution in [0.15, 0.2) is 18.2 Å². The van der Waals surface area contributed by atoms with E-state index in [0.717, 1.165) is 32.3 Å². The summed E-state index contributed by atoms with van der Waals surface area (Å²) < 4.78 is 24.4. The van der Waals surface area contributed by atoms with Crippen LogP contribution in [-0.4, -0.2) is 31.9 Å². The van der Waals surface area contributed by atoms with Crippen molar-refractivity contribution in [3.63, 3.8) is 0 Å². The Bertz CT molecular complexity index is 596. The summed E-state index contributed by atoms with van der Waals surface area (Å²) in [5, 5.41) is 5.97. The average molecular weight is 336 g/mol. The lowest BCUT2D eigenvalue weighted by atomic mass is 9.82. The molecule has 6 heteroatoms. The number of amides is 2. The zero-order chi connectivity index (χ0) is 17.1. The summed E-state index contributed by atoms with van der Waals surface area (Å²) in [6, 6.07) is 4.38. The molecule has 3 rings (SSSR count). The molecule has 24 heavy (non-hydrogen) atoms. The maximum Gasteiger partial charge on any atom is 0.315 e. The predicted molar refractivity (Wildman–Crippen MR) is 88.5 cm³/mol. The molecule has 1 aliphatic heterocycles. The van der Waals surface area contributed by atoms with Gasteiger partial charge in [0.1, 0.15) is 0 Å². The molecule has 1 saturated carbocycles. The van der Waals surface area contributed by atoms with Crippen LogP contribution >= 0.6 is 0 Å². The summed E-state index contributed by atoms with van der Waals surface area (Å²) >= 11 is 0. The van der Waals surface area contributed by atoms with Crippen molar-refractivity contribution < 1.29 is 18.7 Å². The number of carbonyl (C=O) groups is 1. The number of fused-ring (bicyclic) bond motifs is 1. The van der Waals surface area contributed by atoms with E-state index in [1.807, 2.05) is 6.92 Å². The molecule has 132 valence electrons. The van der Waals surface area contributed by atoms with Gasteiger partial charge in [0.05, 0.1) is 19.3 Å². The smallest absolute Gasteiger partial charge is 0.315 e. The van der Waals surface area contributed by atoms with Crippen LogP contribution in [0.5, 0.6) is 5.75 Å². The number of benzene rings is 1. The fraction of sp³-hybridized carbons (Fsp3) is 0.611. The number of hydrogen-bond acceptors (Lipinski definition) is 3. The molecular weight excluding hydrogens is 311 g/mol. The monoisotopic (exact) mass is 336 g/mol. The van der Waals surface area contributed by atoms with Crippen molar-refractivity contribution >= 4 is 6.03 Å². The van der Waals surface area contributed by atoms with E-state index in [9.17, 15) is 9.18 Å². The summed E-state index contributed by atoms with van der Waals surface area (Å²) in [6.07, 6.45) is 4.45. The van der Waals surface area contributed by atoms with Crippen LogP contribution < -0.4 is 15.4 Å². The molecule has 1 aliphatic carbocycles. The number of nitrogens with one attached hydrogen (secondary N) is 2. The second kappa shape index (κ2) is 7.38. The lowest BCUT2D eigenvalue weighted by Crippen LogP contribution is -2.49. The van der Waals surface area contributed by atoms with Gasteiger partial charge in [-0.3, -0.25) is 0 Å². The third-order valence-corrected chi connectivity index (χ3v) is 5.12. The summed E-state index contributed by atoms with van der Waals surface area (Å²) in [5.74, 6) is 0.186. The Morgan fingerprint density at radius 3 is 2.96 bits per heavy atom. The third kappa shape index (κ3) is 3.64. The fourth-order valence-electron chi connectivity index (χ4n) is 3.80. The molecule has 1 heterocycles. The van der Waals surface area contributed by atoms with Gasteiger partial charge in [0.25, 0.3) is 0 Å². The SMILES string of the molecule is COc1ccc([C@H](C)NC(=O)N[C@@H]2CCC[C@@H]3OCC[C@@H]32)cc1F. The molecular formula is C18H25FN2O3. The van der Waals surface area contributed by atoms with Crippen LogP contribution in [0, 0.1) is 11.7 Å². The summed E-state index contributed by atoms with van der Waals surface area (Å²) in [5.41, 5.74) is 0.703. The molecule has 1 aromatic carbocycles. The Kier molecular flexibility index (Phi) is 5.23. The number of rotatable bonds is 4. The first-order valence-electron chi connectivity index (χ1n) is 8.60. The van der Waals surface area contributed by atoms with Crippen molar-refractivity contribution in [3.8, 4) is 5.75 Å². The van der Waals surface area contributed by atoms with Crippen molar-refractivity contribution in [3.05, 3.63) is 29.6 Å². The van der Waals surface area contributed by atoms with Crippen molar-refractivity contribution in [1.82, 2.24) is 10.6 Å². The first-order chi connectivity index (χ1) is 11.6. The molecule has 5 nitrogen and oxygen atoms in total. The molecule has 1 aromatic rings. The van der Waals surface area contributed by atoms with E-state index >= 15 is 0 Å². The summed E-state index contributed by atoms with van der Waals surface area (Å²) in [7, 11) is 1.43. The van der Waals surface area contributed by atoms with Crippen LogP contribution in [0.3, 0.4) is 0 Å². The van der Waals surface area contributed by atoms with E-state index in [1.165, 1.54) is 13.2 Å². The normalized spacial score (nSPS) is 27.2. The van der Waals surface area contributed by atoms with Gasteiger partial charge in [0.15, 0.2) is 11.6 Å². The highest BCUT2D eigenvalue weighted by molar-refractivity contribution is 5.74. The molecule has 0 spiro atoms. The Labute approximate surface area is 141 Å². The van der Waals surface area contributed by atoms with Gasteiger partial charge in [-0.25, -0.2) is 9.18 Å². The number of halogens is 1. The molecule has 0 aromatic heterocycles. The molecule has 2 N–H and O–H groups in total. The highest BCUT2D eigenvalue weighted by Crippen LogP contribution is 2.34. The van der Waals surface area contributed by atoms with Gasteiger partial charge in [-0.2, -0.15) is 0 Å². The van der Waals surface area contributed by atoms with E-state index in [-0.39, 0.29) is 30.0 Å². The number of urea groups is 1. The molecule has 1 saturated heterocycles. The quantitative estimate of drug-likeness (QED) is 0.888. The van der Waals surface area contributed by atoms with E-state index in [4.69, 9.17) is 9.47 Å². The van der Waals surface area contributed by atoms with Gasteiger partial charge < -0.3 is 20.1 Å². The van der Waals surface area contributed by atoms with E-state index < -0.39 is 5.82 Å². The van der Waals surface area contributed by atoms with Crippen LogP contribution in [0.1, 0.15) is 44.2 Å². The van der Waals surface area contributed by atoms with Crippen LogP contribution in [0.25, 0.3) is 0 Å². The van der Waals surface area contributed by atoms with Gasteiger partial charge in [-0.05, 0) is 50.3 Å². The van der Waals surface area contributed by atoms with Gasteiger partial charge in [-0.1, -0.05) is 6.07 Å². The molecule has 2 aliphatic rings. The van der Waals surface area contributed by atoms with Gasteiger partial charge in [0.2, 0.25) is 0 Å². The maximum absolute atomic E-state index is 13.8. The highest BCUT2D eigenvalue weighted by Gasteiger charge is 2.38. The van der Waals surface area contributed by atoms with E-state index in [1.54, 1.807) is 12.1 Å². The summed E-state index contributed by atoms with van der Waals surface area (Å²) in [6.45, 7) is 2.62. The van der Waals surface area contributed by atoms with E-state index in [0.29, 0.717) is 11.5 Å². The van der Waals surface area contributed by atoms with Crippen LogP contribution in [-0.2, 0) is 4.74 Å². The number of carbonyl (C=O) groups excluding carboxylic acids is 1. The Balaban J connectivity index is 1.57. The fourth-order valence-corrected chi connectivity index (χ4v) is 3.80. The van der Waals surface area contributed by atoms with Crippen molar-refractivity contribution in [2.24, 2.45) is 5.92 Å². The standard InChI is InChI=1S/C18H25FN2O3/c1-11(12-6-7-17(23-2)14(19)10-12)20-18(22)21-15-4-3-5-16-13(15)8-9-24-16/h6-7,10-11,13,15-16H,3-5,8-9H2,1-2H3,(H2,20,21,22)/t11-,13+,15+,16-/m0/s1. The Morgan fingerprint density at radius 1 is 1.38 bits per heavy atom.